The van der Waals surface area contributed by atoms with Gasteiger partial charge in [0.2, 0.25) is 5.88 Å². The normalized spacial score (nSPS) is 17.5. The number of methoxy groups -OCH3 is 1. The third kappa shape index (κ3) is 4.42. The van der Waals surface area contributed by atoms with Crippen LogP contribution >= 0.6 is 0 Å². The Balaban J connectivity index is 1.62. The van der Waals surface area contributed by atoms with Gasteiger partial charge in [-0.05, 0) is 63.6 Å². The molecule has 0 bridgehead atoms. The molecule has 1 aliphatic heterocycles. The highest BCUT2D eigenvalue weighted by molar-refractivity contribution is 5.78. The summed E-state index contributed by atoms with van der Waals surface area (Å²) < 4.78 is 10.7. The van der Waals surface area contributed by atoms with Crippen LogP contribution in [0.2, 0.25) is 0 Å². The Labute approximate surface area is 154 Å². The third-order valence-corrected chi connectivity index (χ3v) is 4.61. The highest BCUT2D eigenvalue weighted by Crippen LogP contribution is 2.25. The Morgan fingerprint density at radius 3 is 2.85 bits per heavy atom. The molecule has 1 amide bonds. The van der Waals surface area contributed by atoms with Gasteiger partial charge >= 0.3 is 6.09 Å². The first kappa shape index (κ1) is 18.4. The summed E-state index contributed by atoms with van der Waals surface area (Å²) in [6.45, 7) is 7.22. The van der Waals surface area contributed by atoms with E-state index in [1.54, 1.807) is 7.11 Å². The molecule has 0 radical (unpaired) electrons. The molecule has 3 rings (SSSR count). The maximum atomic E-state index is 12.2. The van der Waals surface area contributed by atoms with Crippen LogP contribution in [0.3, 0.4) is 0 Å². The van der Waals surface area contributed by atoms with Crippen molar-refractivity contribution >= 4 is 17.1 Å². The van der Waals surface area contributed by atoms with Crippen LogP contribution in [0.15, 0.2) is 24.4 Å². The van der Waals surface area contributed by atoms with E-state index in [1.807, 2.05) is 50.1 Å². The van der Waals surface area contributed by atoms with Crippen LogP contribution in [-0.2, 0) is 11.2 Å². The fourth-order valence-electron chi connectivity index (χ4n) is 3.30. The molecule has 0 aromatic carbocycles. The van der Waals surface area contributed by atoms with E-state index in [1.165, 1.54) is 5.56 Å². The smallest absolute Gasteiger partial charge is 0.410 e. The lowest BCUT2D eigenvalue weighted by Crippen LogP contribution is -2.35. The Morgan fingerprint density at radius 1 is 1.31 bits per heavy atom. The van der Waals surface area contributed by atoms with Gasteiger partial charge in [0.15, 0.2) is 0 Å². The number of likely N-dealkylation sites (tertiary alicyclic amines) is 1. The van der Waals surface area contributed by atoms with Gasteiger partial charge in [-0.1, -0.05) is 0 Å². The van der Waals surface area contributed by atoms with Gasteiger partial charge in [-0.15, -0.1) is 0 Å². The summed E-state index contributed by atoms with van der Waals surface area (Å²) in [5.74, 6) is 1.08. The second-order valence-corrected chi connectivity index (χ2v) is 7.81. The number of aromatic nitrogens is 2. The molecule has 0 aliphatic carbocycles. The average Bonchev–Trinajstić information content (AvgIpc) is 3.07. The second kappa shape index (κ2) is 7.48. The largest absolute Gasteiger partial charge is 0.481 e. The topological polar surface area (TPSA) is 64.5 Å². The molecule has 1 fully saturated rings. The molecule has 140 valence electrons. The molecule has 6 nitrogen and oxygen atoms in total. The highest BCUT2D eigenvalue weighted by atomic mass is 16.6. The summed E-state index contributed by atoms with van der Waals surface area (Å²) in [6.07, 6.45) is 4.55. The van der Waals surface area contributed by atoms with Gasteiger partial charge in [-0.2, -0.15) is 0 Å². The molecule has 1 saturated heterocycles. The van der Waals surface area contributed by atoms with Crippen LogP contribution in [0.1, 0.15) is 39.2 Å². The summed E-state index contributed by atoms with van der Waals surface area (Å²) in [5, 5.41) is 0. The predicted octanol–water partition coefficient (Wildman–Crippen LogP) is 3.83. The third-order valence-electron chi connectivity index (χ3n) is 4.61. The van der Waals surface area contributed by atoms with Crippen molar-refractivity contribution in [3.63, 3.8) is 0 Å². The first-order valence-corrected chi connectivity index (χ1v) is 9.12. The molecule has 3 heterocycles. The average molecular weight is 357 g/mol. The molecule has 26 heavy (non-hydrogen) atoms. The van der Waals surface area contributed by atoms with Gasteiger partial charge in [0, 0.05) is 25.4 Å². The minimum Gasteiger partial charge on any atom is -0.481 e. The first-order valence-electron chi connectivity index (χ1n) is 9.12. The monoisotopic (exact) mass is 357 g/mol. The summed E-state index contributed by atoms with van der Waals surface area (Å²) in [4.78, 5) is 23.0. The van der Waals surface area contributed by atoms with Gasteiger partial charge in [0.25, 0.3) is 0 Å². The van der Waals surface area contributed by atoms with Crippen molar-refractivity contribution in [3.05, 3.63) is 30.0 Å². The number of carbonyl (C=O) groups excluding carboxylic acids is 1. The lowest BCUT2D eigenvalue weighted by atomic mass is 9.98. The number of carbonyl (C=O) groups is 1. The number of ether oxygens (including phenoxy) is 2. The van der Waals surface area contributed by atoms with Gasteiger partial charge in [0.1, 0.15) is 5.60 Å². The number of amides is 1. The van der Waals surface area contributed by atoms with Crippen molar-refractivity contribution in [2.75, 3.05) is 20.2 Å². The number of fused-ring (bicyclic) bond motifs is 1. The molecule has 6 heteroatoms. The summed E-state index contributed by atoms with van der Waals surface area (Å²) in [7, 11) is 1.62. The van der Waals surface area contributed by atoms with Gasteiger partial charge in [0.05, 0.1) is 18.1 Å². The predicted molar refractivity (Wildman–Crippen MR) is 100 cm³/mol. The number of nitrogens with zero attached hydrogens (tertiary/aromatic N) is 3. The van der Waals surface area contributed by atoms with Crippen LogP contribution in [0.5, 0.6) is 5.88 Å². The quantitative estimate of drug-likeness (QED) is 0.832. The van der Waals surface area contributed by atoms with E-state index in [-0.39, 0.29) is 6.09 Å². The van der Waals surface area contributed by atoms with Crippen molar-refractivity contribution in [3.8, 4) is 5.88 Å². The van der Waals surface area contributed by atoms with Crippen LogP contribution in [-0.4, -0.2) is 46.8 Å². The number of hydrogen-bond donors (Lipinski definition) is 0. The van der Waals surface area contributed by atoms with E-state index in [0.717, 1.165) is 43.4 Å². The molecule has 2 aromatic rings. The Morgan fingerprint density at radius 2 is 2.12 bits per heavy atom. The minimum absolute atomic E-state index is 0.208. The molecular formula is C20H27N3O3. The number of rotatable bonds is 4. The number of hydrogen-bond acceptors (Lipinski definition) is 5. The van der Waals surface area contributed by atoms with E-state index in [2.05, 4.69) is 9.97 Å². The van der Waals surface area contributed by atoms with E-state index < -0.39 is 5.60 Å². The molecule has 2 aromatic heterocycles. The SMILES string of the molecule is COc1ccc2nccc(CC[C@H]3CCN(C(=O)OC(C)(C)C)C3)c2n1. The van der Waals surface area contributed by atoms with Gasteiger partial charge < -0.3 is 14.4 Å². The zero-order valence-corrected chi connectivity index (χ0v) is 16.0. The second-order valence-electron chi connectivity index (χ2n) is 7.81. The van der Waals surface area contributed by atoms with Crippen LogP contribution in [0, 0.1) is 5.92 Å². The molecule has 1 aliphatic rings. The molecule has 0 N–H and O–H groups in total. The van der Waals surface area contributed by atoms with Crippen LogP contribution in [0.4, 0.5) is 4.79 Å². The molecule has 0 spiro atoms. The van der Waals surface area contributed by atoms with Crippen LogP contribution in [0.25, 0.3) is 11.0 Å². The van der Waals surface area contributed by atoms with Crippen molar-refractivity contribution < 1.29 is 14.3 Å². The Kier molecular flexibility index (Phi) is 5.30. The van der Waals surface area contributed by atoms with Crippen molar-refractivity contribution in [1.82, 2.24) is 14.9 Å². The maximum Gasteiger partial charge on any atom is 0.410 e. The zero-order valence-electron chi connectivity index (χ0n) is 16.0. The number of aryl methyl sites for hydroxylation is 1. The molecule has 1 atom stereocenters. The summed E-state index contributed by atoms with van der Waals surface area (Å²) >= 11 is 0. The van der Waals surface area contributed by atoms with Crippen LogP contribution < -0.4 is 4.74 Å². The lowest BCUT2D eigenvalue weighted by Gasteiger charge is -2.24. The summed E-state index contributed by atoms with van der Waals surface area (Å²) in [6, 6.07) is 5.79. The highest BCUT2D eigenvalue weighted by Gasteiger charge is 2.29. The molecule has 0 unspecified atom stereocenters. The van der Waals surface area contributed by atoms with E-state index in [9.17, 15) is 4.79 Å². The van der Waals surface area contributed by atoms with Gasteiger partial charge in [-0.3, -0.25) is 4.98 Å². The Hall–Kier alpha value is -2.37. The van der Waals surface area contributed by atoms with Crippen molar-refractivity contribution in [2.24, 2.45) is 5.92 Å². The first-order chi connectivity index (χ1) is 12.4. The van der Waals surface area contributed by atoms with Crippen molar-refractivity contribution in [1.29, 1.82) is 0 Å². The van der Waals surface area contributed by atoms with Gasteiger partial charge in [-0.25, -0.2) is 9.78 Å². The fraction of sp³-hybridized carbons (Fsp3) is 0.550. The summed E-state index contributed by atoms with van der Waals surface area (Å²) in [5.41, 5.74) is 2.50. The van der Waals surface area contributed by atoms with Crippen molar-refractivity contribution in [2.45, 2.75) is 45.6 Å². The molecular weight excluding hydrogens is 330 g/mol. The zero-order chi connectivity index (χ0) is 18.7. The number of pyridine rings is 2. The lowest BCUT2D eigenvalue weighted by molar-refractivity contribution is 0.0287. The van der Waals surface area contributed by atoms with E-state index in [0.29, 0.717) is 11.8 Å². The van der Waals surface area contributed by atoms with E-state index >= 15 is 0 Å². The minimum atomic E-state index is -0.449. The standard InChI is InChI=1S/C20H27N3O3/c1-20(2,3)26-19(24)23-12-10-14(13-23)5-6-15-9-11-21-16-7-8-17(25-4)22-18(15)16/h7-9,11,14H,5-6,10,12-13H2,1-4H3/t14-/m0/s1. The Bertz CT molecular complexity index is 785. The van der Waals surface area contributed by atoms with E-state index in [4.69, 9.17) is 9.47 Å². The molecule has 0 saturated carbocycles. The maximum absolute atomic E-state index is 12.2. The fourth-order valence-corrected chi connectivity index (χ4v) is 3.30.